The van der Waals surface area contributed by atoms with Gasteiger partial charge in [0.1, 0.15) is 11.6 Å². The van der Waals surface area contributed by atoms with Gasteiger partial charge in [0.25, 0.3) is 0 Å². The van der Waals surface area contributed by atoms with Crippen molar-refractivity contribution in [3.8, 4) is 5.75 Å². The van der Waals surface area contributed by atoms with Crippen molar-refractivity contribution >= 4 is 23.5 Å². The van der Waals surface area contributed by atoms with Gasteiger partial charge in [0.15, 0.2) is 0 Å². The van der Waals surface area contributed by atoms with E-state index in [9.17, 15) is 13.6 Å². The third-order valence-electron chi connectivity index (χ3n) is 4.06. The van der Waals surface area contributed by atoms with Gasteiger partial charge in [-0.25, -0.2) is 9.78 Å². The molecule has 2 aromatic rings. The predicted molar refractivity (Wildman–Crippen MR) is 118 cm³/mol. The molecule has 0 saturated carbocycles. The first-order valence-electron chi connectivity index (χ1n) is 10.0. The number of urea groups is 1. The predicted octanol–water partition coefficient (Wildman–Crippen LogP) is 4.60. The van der Waals surface area contributed by atoms with Crippen LogP contribution >= 0.6 is 0 Å². The molecule has 0 aliphatic heterocycles. The number of benzene rings is 1. The van der Waals surface area contributed by atoms with E-state index in [2.05, 4.69) is 35.6 Å². The van der Waals surface area contributed by atoms with Crippen molar-refractivity contribution in [3.05, 3.63) is 36.0 Å². The minimum absolute atomic E-state index is 0.00332. The van der Waals surface area contributed by atoms with Crippen LogP contribution in [0.3, 0.4) is 0 Å². The van der Waals surface area contributed by atoms with Gasteiger partial charge in [-0.05, 0) is 57.2 Å². The molecule has 1 aromatic heterocycles. The molecule has 0 aliphatic carbocycles. The fourth-order valence-electron chi connectivity index (χ4n) is 2.60. The first-order chi connectivity index (χ1) is 14.5. The Morgan fingerprint density at radius 2 is 1.84 bits per heavy atom. The number of carbonyl (C=O) groups is 1. The number of anilines is 3. The van der Waals surface area contributed by atoms with E-state index in [1.807, 2.05) is 34.0 Å². The van der Waals surface area contributed by atoms with E-state index in [0.717, 1.165) is 25.2 Å². The summed E-state index contributed by atoms with van der Waals surface area (Å²) >= 11 is 0. The Bertz CT molecular complexity index is 854. The Kier molecular flexibility index (Phi) is 8.49. The van der Waals surface area contributed by atoms with Gasteiger partial charge in [0.05, 0.1) is 5.69 Å². The SMILES string of the molecule is CC(C)c1cc(NCCCN(C)C)nc(NC(=O)Nc2ccc(OC(C)(F)F)cc2)n1. The van der Waals surface area contributed by atoms with Crippen molar-refractivity contribution in [1.29, 1.82) is 0 Å². The summed E-state index contributed by atoms with van der Waals surface area (Å²) in [5.41, 5.74) is 1.20. The zero-order chi connectivity index (χ0) is 23.0. The van der Waals surface area contributed by atoms with Crippen LogP contribution < -0.4 is 20.7 Å². The van der Waals surface area contributed by atoms with Crippen LogP contribution in [0.2, 0.25) is 0 Å². The van der Waals surface area contributed by atoms with Crippen LogP contribution in [0.5, 0.6) is 5.75 Å². The molecule has 0 fully saturated rings. The van der Waals surface area contributed by atoms with Gasteiger partial charge >= 0.3 is 12.1 Å². The number of halogens is 2. The number of carbonyl (C=O) groups excluding carboxylic acids is 1. The molecule has 3 N–H and O–H groups in total. The average molecular weight is 437 g/mol. The summed E-state index contributed by atoms with van der Waals surface area (Å²) in [5.74, 6) is 0.953. The number of nitrogens with one attached hydrogen (secondary N) is 3. The van der Waals surface area contributed by atoms with Crippen LogP contribution in [-0.2, 0) is 0 Å². The van der Waals surface area contributed by atoms with Crippen molar-refractivity contribution in [1.82, 2.24) is 14.9 Å². The molecule has 2 amide bonds. The largest absolute Gasteiger partial charge is 0.433 e. The number of amides is 2. The lowest BCUT2D eigenvalue weighted by Gasteiger charge is -2.14. The Balaban J connectivity index is 2.00. The lowest BCUT2D eigenvalue weighted by molar-refractivity contribution is -0.158. The molecule has 1 heterocycles. The van der Waals surface area contributed by atoms with Crippen molar-refractivity contribution in [2.24, 2.45) is 0 Å². The van der Waals surface area contributed by atoms with Gasteiger partial charge in [0.2, 0.25) is 5.95 Å². The molecule has 1 aromatic carbocycles. The number of hydrogen-bond acceptors (Lipinski definition) is 6. The molecule has 0 spiro atoms. The lowest BCUT2D eigenvalue weighted by Crippen LogP contribution is -2.22. The average Bonchev–Trinajstić information content (AvgIpc) is 2.65. The quantitative estimate of drug-likeness (QED) is 0.472. The Labute approximate surface area is 181 Å². The normalized spacial score (nSPS) is 11.5. The summed E-state index contributed by atoms with van der Waals surface area (Å²) in [7, 11) is 4.03. The van der Waals surface area contributed by atoms with Gasteiger partial charge in [-0.1, -0.05) is 13.8 Å². The number of rotatable bonds is 10. The summed E-state index contributed by atoms with van der Waals surface area (Å²) in [6, 6.07) is 6.94. The highest BCUT2D eigenvalue weighted by molar-refractivity contribution is 5.98. The molecule has 31 heavy (non-hydrogen) atoms. The zero-order valence-electron chi connectivity index (χ0n) is 18.5. The summed E-state index contributed by atoms with van der Waals surface area (Å²) < 4.78 is 30.3. The Hall–Kier alpha value is -3.01. The molecule has 0 unspecified atom stereocenters. The van der Waals surface area contributed by atoms with E-state index < -0.39 is 12.1 Å². The fourth-order valence-corrected chi connectivity index (χ4v) is 2.60. The number of ether oxygens (including phenoxy) is 1. The maximum absolute atomic E-state index is 12.9. The van der Waals surface area contributed by atoms with E-state index in [4.69, 9.17) is 0 Å². The van der Waals surface area contributed by atoms with E-state index >= 15 is 0 Å². The lowest BCUT2D eigenvalue weighted by atomic mass is 10.1. The Morgan fingerprint density at radius 1 is 1.16 bits per heavy atom. The number of alkyl halides is 2. The second-order valence-electron chi connectivity index (χ2n) is 7.75. The van der Waals surface area contributed by atoms with E-state index in [1.165, 1.54) is 24.3 Å². The molecule has 0 radical (unpaired) electrons. The highest BCUT2D eigenvalue weighted by Crippen LogP contribution is 2.23. The van der Waals surface area contributed by atoms with Gasteiger partial charge in [-0.2, -0.15) is 13.8 Å². The molecule has 0 bridgehead atoms. The van der Waals surface area contributed by atoms with E-state index in [-0.39, 0.29) is 17.6 Å². The summed E-state index contributed by atoms with van der Waals surface area (Å²) in [6.07, 6.45) is -2.33. The molecule has 0 saturated heterocycles. The molecular weight excluding hydrogens is 406 g/mol. The third kappa shape index (κ3) is 9.12. The number of hydrogen-bond donors (Lipinski definition) is 3. The smallest absolute Gasteiger partial charge is 0.394 e. The van der Waals surface area contributed by atoms with Crippen LogP contribution in [0, 0.1) is 0 Å². The minimum Gasteiger partial charge on any atom is -0.433 e. The van der Waals surface area contributed by atoms with Crippen LogP contribution in [0.1, 0.15) is 38.8 Å². The minimum atomic E-state index is -3.27. The summed E-state index contributed by atoms with van der Waals surface area (Å²) in [5, 5.41) is 8.49. The van der Waals surface area contributed by atoms with Crippen LogP contribution in [0.25, 0.3) is 0 Å². The van der Waals surface area contributed by atoms with Gasteiger partial charge < -0.3 is 20.3 Å². The topological polar surface area (TPSA) is 91.4 Å². The van der Waals surface area contributed by atoms with Crippen molar-refractivity contribution < 1.29 is 18.3 Å². The van der Waals surface area contributed by atoms with Crippen molar-refractivity contribution in [2.75, 3.05) is 43.1 Å². The Morgan fingerprint density at radius 3 is 2.42 bits per heavy atom. The van der Waals surface area contributed by atoms with Crippen LogP contribution in [0.4, 0.5) is 31.0 Å². The highest BCUT2D eigenvalue weighted by Gasteiger charge is 2.23. The fraction of sp³-hybridized carbons (Fsp3) is 0.476. The first kappa shape index (κ1) is 24.3. The van der Waals surface area contributed by atoms with Gasteiger partial charge in [-0.3, -0.25) is 5.32 Å². The highest BCUT2D eigenvalue weighted by atomic mass is 19.3. The maximum Gasteiger partial charge on any atom is 0.394 e. The molecule has 10 heteroatoms. The number of nitrogens with zero attached hydrogens (tertiary/aromatic N) is 3. The molecule has 8 nitrogen and oxygen atoms in total. The van der Waals surface area contributed by atoms with Crippen molar-refractivity contribution in [3.63, 3.8) is 0 Å². The summed E-state index contributed by atoms with van der Waals surface area (Å²) in [4.78, 5) is 23.2. The monoisotopic (exact) mass is 436 g/mol. The second kappa shape index (κ2) is 10.9. The zero-order valence-corrected chi connectivity index (χ0v) is 18.5. The standard InChI is InChI=1S/C21H30F2N6O2/c1-14(2)17-13-18(24-11-6-12-29(4)5)27-19(26-17)28-20(30)25-15-7-9-16(10-8-15)31-21(3,22)23/h7-10,13-14H,6,11-12H2,1-5H3,(H3,24,25,26,27,28,30). The molecule has 0 atom stereocenters. The van der Waals surface area contributed by atoms with Gasteiger partial charge in [0, 0.05) is 25.2 Å². The van der Waals surface area contributed by atoms with Crippen LogP contribution in [0.15, 0.2) is 30.3 Å². The third-order valence-corrected chi connectivity index (χ3v) is 4.06. The van der Waals surface area contributed by atoms with Crippen molar-refractivity contribution in [2.45, 2.75) is 39.2 Å². The van der Waals surface area contributed by atoms with E-state index in [0.29, 0.717) is 18.4 Å². The molecule has 170 valence electrons. The van der Waals surface area contributed by atoms with Gasteiger partial charge in [-0.15, -0.1) is 0 Å². The molecule has 2 rings (SSSR count). The molecule has 0 aliphatic rings. The second-order valence-corrected chi connectivity index (χ2v) is 7.75. The molecular formula is C21H30F2N6O2. The maximum atomic E-state index is 12.9. The van der Waals surface area contributed by atoms with E-state index in [1.54, 1.807) is 0 Å². The summed E-state index contributed by atoms with van der Waals surface area (Å²) in [6.45, 7) is 6.35. The first-order valence-corrected chi connectivity index (χ1v) is 10.0. The number of aromatic nitrogens is 2. The van der Waals surface area contributed by atoms with Crippen LogP contribution in [-0.4, -0.2) is 54.2 Å².